The summed E-state index contributed by atoms with van der Waals surface area (Å²) in [5.74, 6) is 1.53. The summed E-state index contributed by atoms with van der Waals surface area (Å²) in [6.45, 7) is 6.50. The first-order valence-electron chi connectivity index (χ1n) is 7.01. The van der Waals surface area contributed by atoms with Crippen LogP contribution in [0.3, 0.4) is 0 Å². The number of carbonyl (C=O) groups excluding carboxylic acids is 1. The van der Waals surface area contributed by atoms with Gasteiger partial charge in [0, 0.05) is 12.3 Å². The highest BCUT2D eigenvalue weighted by molar-refractivity contribution is 5.81. The average molecular weight is 225 g/mol. The summed E-state index contributed by atoms with van der Waals surface area (Å²) in [6.07, 6.45) is 7.88. The van der Waals surface area contributed by atoms with Crippen molar-refractivity contribution in [2.45, 2.75) is 58.8 Å². The molecule has 0 aromatic rings. The van der Waals surface area contributed by atoms with Gasteiger partial charge < -0.3 is 5.32 Å². The Morgan fingerprint density at radius 1 is 1.31 bits per heavy atom. The van der Waals surface area contributed by atoms with Gasteiger partial charge in [-0.1, -0.05) is 39.5 Å². The highest BCUT2D eigenvalue weighted by Gasteiger charge is 2.22. The van der Waals surface area contributed by atoms with Crippen molar-refractivity contribution >= 4 is 5.78 Å². The van der Waals surface area contributed by atoms with E-state index >= 15 is 0 Å². The third-order valence-electron chi connectivity index (χ3n) is 3.83. The monoisotopic (exact) mass is 225 g/mol. The van der Waals surface area contributed by atoms with E-state index in [1.807, 2.05) is 0 Å². The van der Waals surface area contributed by atoms with Gasteiger partial charge in [0.2, 0.25) is 0 Å². The van der Waals surface area contributed by atoms with E-state index in [1.165, 1.54) is 19.3 Å². The van der Waals surface area contributed by atoms with Gasteiger partial charge in [-0.2, -0.15) is 0 Å². The van der Waals surface area contributed by atoms with Crippen molar-refractivity contribution in [2.24, 2.45) is 11.8 Å². The van der Waals surface area contributed by atoms with Crippen LogP contribution in [0.5, 0.6) is 0 Å². The van der Waals surface area contributed by atoms with Crippen LogP contribution >= 0.6 is 0 Å². The molecule has 0 amide bonds. The lowest BCUT2D eigenvalue weighted by molar-refractivity contribution is -0.124. The highest BCUT2D eigenvalue weighted by atomic mass is 16.1. The molecule has 0 spiro atoms. The number of hydrogen-bond donors (Lipinski definition) is 1. The second-order valence-electron chi connectivity index (χ2n) is 5.11. The fourth-order valence-corrected chi connectivity index (χ4v) is 2.54. The Labute approximate surface area is 100 Å². The zero-order valence-corrected chi connectivity index (χ0v) is 10.9. The van der Waals surface area contributed by atoms with Crippen molar-refractivity contribution < 1.29 is 4.79 Å². The minimum atomic E-state index is 0.358. The topological polar surface area (TPSA) is 29.1 Å². The largest absolute Gasteiger partial charge is 0.317 e. The van der Waals surface area contributed by atoms with Gasteiger partial charge in [-0.25, -0.2) is 0 Å². The molecule has 1 aliphatic rings. The van der Waals surface area contributed by atoms with E-state index in [0.29, 0.717) is 17.6 Å². The van der Waals surface area contributed by atoms with Crippen LogP contribution in [0.15, 0.2) is 0 Å². The number of piperidine rings is 1. The highest BCUT2D eigenvalue weighted by Crippen LogP contribution is 2.22. The van der Waals surface area contributed by atoms with Gasteiger partial charge in [-0.15, -0.1) is 0 Å². The van der Waals surface area contributed by atoms with Crippen LogP contribution in [0, 0.1) is 11.8 Å². The average Bonchev–Trinajstić information content (AvgIpc) is 2.35. The zero-order chi connectivity index (χ0) is 11.8. The molecule has 94 valence electrons. The number of carbonyl (C=O) groups is 1. The van der Waals surface area contributed by atoms with Crippen molar-refractivity contribution in [3.8, 4) is 0 Å². The van der Waals surface area contributed by atoms with Crippen molar-refractivity contribution in [1.82, 2.24) is 5.32 Å². The van der Waals surface area contributed by atoms with Gasteiger partial charge in [0.1, 0.15) is 5.78 Å². The van der Waals surface area contributed by atoms with Gasteiger partial charge in [0.05, 0.1) is 0 Å². The molecule has 2 heteroatoms. The number of unbranched alkanes of at least 4 members (excludes halogenated alkanes) is 1. The lowest BCUT2D eigenvalue weighted by atomic mass is 9.85. The van der Waals surface area contributed by atoms with E-state index in [1.54, 1.807) is 0 Å². The first kappa shape index (κ1) is 13.7. The molecule has 1 atom stereocenters. The van der Waals surface area contributed by atoms with E-state index in [2.05, 4.69) is 19.2 Å². The summed E-state index contributed by atoms with van der Waals surface area (Å²) < 4.78 is 0. The van der Waals surface area contributed by atoms with Gasteiger partial charge >= 0.3 is 0 Å². The van der Waals surface area contributed by atoms with E-state index in [0.717, 1.165) is 38.8 Å². The van der Waals surface area contributed by atoms with Crippen LogP contribution in [0.2, 0.25) is 0 Å². The quantitative estimate of drug-likeness (QED) is 0.721. The fraction of sp³-hybridized carbons (Fsp3) is 0.929. The molecular formula is C14H27NO. The minimum Gasteiger partial charge on any atom is -0.317 e. The molecule has 0 radical (unpaired) electrons. The number of nitrogens with one attached hydrogen (secondary N) is 1. The Balaban J connectivity index is 2.29. The maximum absolute atomic E-state index is 12.1. The first-order valence-corrected chi connectivity index (χ1v) is 7.01. The molecular weight excluding hydrogens is 198 g/mol. The van der Waals surface area contributed by atoms with Crippen molar-refractivity contribution in [3.63, 3.8) is 0 Å². The molecule has 0 aliphatic carbocycles. The van der Waals surface area contributed by atoms with Gasteiger partial charge in [0.15, 0.2) is 0 Å². The molecule has 2 nitrogen and oxygen atoms in total. The molecule has 0 saturated carbocycles. The first-order chi connectivity index (χ1) is 7.77. The summed E-state index contributed by atoms with van der Waals surface area (Å²) >= 11 is 0. The number of rotatable bonds is 7. The minimum absolute atomic E-state index is 0.358. The lowest BCUT2D eigenvalue weighted by Crippen LogP contribution is -2.32. The second kappa shape index (κ2) is 7.83. The summed E-state index contributed by atoms with van der Waals surface area (Å²) in [5, 5.41) is 3.32. The Kier molecular flexibility index (Phi) is 6.70. The van der Waals surface area contributed by atoms with Crippen LogP contribution < -0.4 is 5.32 Å². The van der Waals surface area contributed by atoms with E-state index in [9.17, 15) is 4.79 Å². The Bertz CT molecular complexity index is 197. The molecule has 1 aliphatic heterocycles. The van der Waals surface area contributed by atoms with Crippen LogP contribution in [0.1, 0.15) is 58.8 Å². The SMILES string of the molecule is CCCCC(CC)CC(=O)C1CCNCC1. The molecule has 16 heavy (non-hydrogen) atoms. The van der Waals surface area contributed by atoms with Gasteiger partial charge in [-0.05, 0) is 31.8 Å². The molecule has 1 N–H and O–H groups in total. The Hall–Kier alpha value is -0.370. The third-order valence-corrected chi connectivity index (χ3v) is 3.83. The smallest absolute Gasteiger partial charge is 0.136 e. The van der Waals surface area contributed by atoms with Gasteiger partial charge in [0.25, 0.3) is 0 Å². The van der Waals surface area contributed by atoms with Crippen molar-refractivity contribution in [2.75, 3.05) is 13.1 Å². The zero-order valence-electron chi connectivity index (χ0n) is 10.9. The summed E-state index contributed by atoms with van der Waals surface area (Å²) in [7, 11) is 0. The van der Waals surface area contributed by atoms with Gasteiger partial charge in [-0.3, -0.25) is 4.79 Å². The lowest BCUT2D eigenvalue weighted by Gasteiger charge is -2.23. The number of hydrogen-bond acceptors (Lipinski definition) is 2. The normalized spacial score (nSPS) is 19.6. The molecule has 1 saturated heterocycles. The molecule has 1 fully saturated rings. The third kappa shape index (κ3) is 4.65. The predicted molar refractivity (Wildman–Crippen MR) is 68.5 cm³/mol. The molecule has 0 bridgehead atoms. The van der Waals surface area contributed by atoms with Crippen molar-refractivity contribution in [1.29, 1.82) is 0 Å². The maximum Gasteiger partial charge on any atom is 0.136 e. The molecule has 0 aromatic heterocycles. The Morgan fingerprint density at radius 2 is 2.00 bits per heavy atom. The van der Waals surface area contributed by atoms with Crippen LogP contribution in [-0.4, -0.2) is 18.9 Å². The number of Topliss-reactive ketones (excluding diaryl/α,β-unsaturated/α-hetero) is 1. The van der Waals surface area contributed by atoms with Crippen molar-refractivity contribution in [3.05, 3.63) is 0 Å². The molecule has 1 heterocycles. The summed E-state index contributed by atoms with van der Waals surface area (Å²) in [5.41, 5.74) is 0. The molecule has 1 unspecified atom stereocenters. The predicted octanol–water partition coefficient (Wildman–Crippen LogP) is 3.16. The van der Waals surface area contributed by atoms with Crippen LogP contribution in [0.4, 0.5) is 0 Å². The summed E-state index contributed by atoms with van der Waals surface area (Å²) in [4.78, 5) is 12.1. The van der Waals surface area contributed by atoms with E-state index in [4.69, 9.17) is 0 Å². The van der Waals surface area contributed by atoms with Crippen LogP contribution in [0.25, 0.3) is 0 Å². The molecule has 1 rings (SSSR count). The van der Waals surface area contributed by atoms with Crippen LogP contribution in [-0.2, 0) is 4.79 Å². The maximum atomic E-state index is 12.1. The van der Waals surface area contributed by atoms with E-state index < -0.39 is 0 Å². The number of ketones is 1. The standard InChI is InChI=1S/C14H27NO/c1-3-5-6-12(4-2)11-14(16)13-7-9-15-10-8-13/h12-13,15H,3-11H2,1-2H3. The fourth-order valence-electron chi connectivity index (χ4n) is 2.54. The summed E-state index contributed by atoms with van der Waals surface area (Å²) in [6, 6.07) is 0. The Morgan fingerprint density at radius 3 is 2.56 bits per heavy atom. The van der Waals surface area contributed by atoms with E-state index in [-0.39, 0.29) is 0 Å². The second-order valence-corrected chi connectivity index (χ2v) is 5.11. The molecule has 0 aromatic carbocycles.